The number of methoxy groups -OCH3 is 2. The predicted octanol–water partition coefficient (Wildman–Crippen LogP) is 2.86. The molecule has 2 aromatic carbocycles. The van der Waals surface area contributed by atoms with Crippen LogP contribution in [0.15, 0.2) is 48.5 Å². The largest absolute Gasteiger partial charge is 0.496 e. The van der Waals surface area contributed by atoms with Crippen molar-refractivity contribution in [3.63, 3.8) is 0 Å². The van der Waals surface area contributed by atoms with Crippen LogP contribution in [0.4, 0.5) is 0 Å². The molecule has 2 unspecified atom stereocenters. The Hall–Kier alpha value is -2.37. The second kappa shape index (κ2) is 8.65. The molecule has 0 aliphatic rings. The van der Waals surface area contributed by atoms with Crippen molar-refractivity contribution in [2.45, 2.75) is 19.0 Å². The topological polar surface area (TPSA) is 64.8 Å². The van der Waals surface area contributed by atoms with Gasteiger partial charge >= 0.3 is 0 Å². The monoisotopic (exact) mass is 342 g/mol. The first kappa shape index (κ1) is 19.0. The van der Waals surface area contributed by atoms with Gasteiger partial charge in [-0.3, -0.25) is 4.79 Å². The molecule has 0 bridgehead atoms. The molecule has 0 saturated carbocycles. The first-order chi connectivity index (χ1) is 12.0. The quantitative estimate of drug-likeness (QED) is 0.840. The van der Waals surface area contributed by atoms with Gasteiger partial charge in [-0.05, 0) is 24.1 Å². The van der Waals surface area contributed by atoms with Gasteiger partial charge in [0.05, 0.1) is 19.8 Å². The third-order valence-electron chi connectivity index (χ3n) is 4.40. The van der Waals surface area contributed by atoms with Crippen LogP contribution in [-0.4, -0.2) is 44.7 Å². The third kappa shape index (κ3) is 4.38. The average Bonchev–Trinajstić information content (AvgIpc) is 2.66. The Bertz CT molecular complexity index is 700. The summed E-state index contributed by atoms with van der Waals surface area (Å²) in [6, 6.07) is 15.3. The maximum Gasteiger partial charge on any atom is 0.242 e. The molecule has 5 nitrogen and oxygen atoms in total. The van der Waals surface area contributed by atoms with Gasteiger partial charge in [-0.15, -0.1) is 0 Å². The number of hydrogen-bond acceptors (Lipinski definition) is 4. The SMILES string of the molecule is COCC(N)C(=O)N(C)C(C)c1ccc(-c2ccccc2OC)cc1. The van der Waals surface area contributed by atoms with Gasteiger partial charge in [0, 0.05) is 19.7 Å². The van der Waals surface area contributed by atoms with Gasteiger partial charge < -0.3 is 20.1 Å². The Morgan fingerprint density at radius 3 is 2.36 bits per heavy atom. The lowest BCUT2D eigenvalue weighted by Crippen LogP contribution is -2.45. The van der Waals surface area contributed by atoms with Crippen molar-refractivity contribution in [3.8, 4) is 16.9 Å². The zero-order chi connectivity index (χ0) is 18.4. The lowest BCUT2D eigenvalue weighted by atomic mass is 10.00. The molecule has 0 saturated heterocycles. The van der Waals surface area contributed by atoms with Crippen LogP contribution in [0.1, 0.15) is 18.5 Å². The van der Waals surface area contributed by atoms with E-state index in [0.29, 0.717) is 0 Å². The highest BCUT2D eigenvalue weighted by molar-refractivity contribution is 5.82. The van der Waals surface area contributed by atoms with E-state index in [9.17, 15) is 4.79 Å². The molecule has 0 aromatic heterocycles. The molecule has 5 heteroatoms. The van der Waals surface area contributed by atoms with Crippen LogP contribution in [0, 0.1) is 0 Å². The van der Waals surface area contributed by atoms with Gasteiger partial charge in [0.2, 0.25) is 5.91 Å². The number of hydrogen-bond donors (Lipinski definition) is 1. The molecule has 134 valence electrons. The van der Waals surface area contributed by atoms with E-state index in [1.165, 1.54) is 7.11 Å². The number of para-hydroxylation sites is 1. The lowest BCUT2D eigenvalue weighted by molar-refractivity contribution is -0.134. The van der Waals surface area contributed by atoms with Gasteiger partial charge in [0.15, 0.2) is 0 Å². The molecule has 0 radical (unpaired) electrons. The normalized spacial score (nSPS) is 13.2. The van der Waals surface area contributed by atoms with Crippen molar-refractivity contribution >= 4 is 5.91 Å². The number of nitrogens with zero attached hydrogens (tertiary/aromatic N) is 1. The molecule has 0 aliphatic carbocycles. The van der Waals surface area contributed by atoms with Crippen LogP contribution in [0.3, 0.4) is 0 Å². The van der Waals surface area contributed by atoms with Gasteiger partial charge in [0.1, 0.15) is 11.8 Å². The molecule has 2 rings (SSSR count). The molecule has 0 heterocycles. The molecule has 0 aliphatic heterocycles. The van der Waals surface area contributed by atoms with E-state index in [1.54, 1.807) is 19.1 Å². The van der Waals surface area contributed by atoms with Gasteiger partial charge in [-0.1, -0.05) is 42.5 Å². The molecule has 0 spiro atoms. The minimum atomic E-state index is -0.648. The molecule has 2 N–H and O–H groups in total. The lowest BCUT2D eigenvalue weighted by Gasteiger charge is -2.28. The molecular formula is C20H26N2O3. The smallest absolute Gasteiger partial charge is 0.242 e. The molecule has 0 fully saturated rings. The summed E-state index contributed by atoms with van der Waals surface area (Å²) in [5, 5.41) is 0. The number of amides is 1. The first-order valence-corrected chi connectivity index (χ1v) is 8.24. The van der Waals surface area contributed by atoms with Crippen molar-refractivity contribution in [3.05, 3.63) is 54.1 Å². The molecule has 25 heavy (non-hydrogen) atoms. The van der Waals surface area contributed by atoms with E-state index in [4.69, 9.17) is 15.2 Å². The Labute approximate surface area is 149 Å². The maximum absolute atomic E-state index is 12.3. The number of ether oxygens (including phenoxy) is 2. The maximum atomic E-state index is 12.3. The van der Waals surface area contributed by atoms with Crippen LogP contribution in [0.2, 0.25) is 0 Å². The number of likely N-dealkylation sites (N-methyl/N-ethyl adjacent to an activating group) is 1. The summed E-state index contributed by atoms with van der Waals surface area (Å²) in [5.41, 5.74) is 8.99. The molecular weight excluding hydrogens is 316 g/mol. The van der Waals surface area contributed by atoms with E-state index >= 15 is 0 Å². The predicted molar refractivity (Wildman–Crippen MR) is 99.5 cm³/mol. The van der Waals surface area contributed by atoms with Crippen LogP contribution < -0.4 is 10.5 Å². The fourth-order valence-electron chi connectivity index (χ4n) is 2.75. The summed E-state index contributed by atoms with van der Waals surface area (Å²) in [7, 11) is 4.96. The van der Waals surface area contributed by atoms with Crippen LogP contribution in [0.5, 0.6) is 5.75 Å². The summed E-state index contributed by atoms with van der Waals surface area (Å²) in [5.74, 6) is 0.698. The fourth-order valence-corrected chi connectivity index (χ4v) is 2.75. The Morgan fingerprint density at radius 2 is 1.76 bits per heavy atom. The molecule has 1 amide bonds. The number of nitrogens with two attached hydrogens (primary N) is 1. The van der Waals surface area contributed by atoms with Crippen molar-refractivity contribution in [1.82, 2.24) is 4.90 Å². The highest BCUT2D eigenvalue weighted by Crippen LogP contribution is 2.31. The van der Waals surface area contributed by atoms with E-state index in [-0.39, 0.29) is 18.6 Å². The van der Waals surface area contributed by atoms with Crippen LogP contribution in [0.25, 0.3) is 11.1 Å². The Morgan fingerprint density at radius 1 is 1.12 bits per heavy atom. The van der Waals surface area contributed by atoms with Gasteiger partial charge in [0.25, 0.3) is 0 Å². The summed E-state index contributed by atoms with van der Waals surface area (Å²) in [4.78, 5) is 14.0. The van der Waals surface area contributed by atoms with E-state index < -0.39 is 6.04 Å². The molecule has 2 atom stereocenters. The zero-order valence-electron chi connectivity index (χ0n) is 15.2. The van der Waals surface area contributed by atoms with Crippen molar-refractivity contribution in [2.75, 3.05) is 27.9 Å². The molecule has 2 aromatic rings. The second-order valence-electron chi connectivity index (χ2n) is 6.01. The second-order valence-corrected chi connectivity index (χ2v) is 6.01. The van der Waals surface area contributed by atoms with Crippen molar-refractivity contribution < 1.29 is 14.3 Å². The Kier molecular flexibility index (Phi) is 6.56. The fraction of sp³-hybridized carbons (Fsp3) is 0.350. The summed E-state index contributed by atoms with van der Waals surface area (Å²) in [6.45, 7) is 2.19. The minimum absolute atomic E-state index is 0.0814. The van der Waals surface area contributed by atoms with Crippen molar-refractivity contribution in [2.24, 2.45) is 5.73 Å². The number of carbonyl (C=O) groups excluding carboxylic acids is 1. The summed E-state index contributed by atoms with van der Waals surface area (Å²) >= 11 is 0. The summed E-state index contributed by atoms with van der Waals surface area (Å²) < 4.78 is 10.4. The van der Waals surface area contributed by atoms with E-state index in [2.05, 4.69) is 0 Å². The number of rotatable bonds is 7. The average molecular weight is 342 g/mol. The number of carbonyl (C=O) groups is 1. The number of benzene rings is 2. The minimum Gasteiger partial charge on any atom is -0.496 e. The van der Waals surface area contributed by atoms with E-state index in [0.717, 1.165) is 22.4 Å². The zero-order valence-corrected chi connectivity index (χ0v) is 15.2. The third-order valence-corrected chi connectivity index (χ3v) is 4.40. The van der Waals surface area contributed by atoms with Gasteiger partial charge in [-0.2, -0.15) is 0 Å². The highest BCUT2D eigenvalue weighted by Gasteiger charge is 2.23. The standard InChI is InChI=1S/C20H26N2O3/c1-14(22(2)20(23)18(21)13-24-3)15-9-11-16(12-10-15)17-7-5-6-8-19(17)25-4/h5-12,14,18H,13,21H2,1-4H3. The first-order valence-electron chi connectivity index (χ1n) is 8.24. The van der Waals surface area contributed by atoms with Gasteiger partial charge in [-0.25, -0.2) is 0 Å². The highest BCUT2D eigenvalue weighted by atomic mass is 16.5. The van der Waals surface area contributed by atoms with Crippen LogP contribution in [-0.2, 0) is 9.53 Å². The summed E-state index contributed by atoms with van der Waals surface area (Å²) in [6.07, 6.45) is 0. The Balaban J connectivity index is 2.17. The van der Waals surface area contributed by atoms with Crippen molar-refractivity contribution in [1.29, 1.82) is 0 Å². The van der Waals surface area contributed by atoms with Crippen LogP contribution >= 0.6 is 0 Å². The van der Waals surface area contributed by atoms with E-state index in [1.807, 2.05) is 55.5 Å².